The molecule has 0 spiro atoms. The number of benzene rings is 1. The molecule has 1 aromatic carbocycles. The van der Waals surface area contributed by atoms with E-state index in [4.69, 9.17) is 0 Å². The van der Waals surface area contributed by atoms with E-state index in [0.717, 1.165) is 18.2 Å². The van der Waals surface area contributed by atoms with Crippen LogP contribution in [0.1, 0.15) is 30.4 Å². The Hall–Kier alpha value is -1.49. The summed E-state index contributed by atoms with van der Waals surface area (Å²) in [6.45, 7) is 2.24. The van der Waals surface area contributed by atoms with Crippen molar-refractivity contribution in [3.05, 3.63) is 29.3 Å². The van der Waals surface area contributed by atoms with Crippen LogP contribution in [-0.4, -0.2) is 22.0 Å². The van der Waals surface area contributed by atoms with Gasteiger partial charge in [0.15, 0.2) is 0 Å². The predicted molar refractivity (Wildman–Crippen MR) is 70.8 cm³/mol. The number of phenols is 1. The smallest absolute Gasteiger partial charge is 0.286 e. The Morgan fingerprint density at radius 1 is 1.39 bits per heavy atom. The maximum Gasteiger partial charge on any atom is 0.286 e. The third kappa shape index (κ3) is 3.04. The van der Waals surface area contributed by atoms with E-state index in [1.807, 2.05) is 12.1 Å². The van der Waals surface area contributed by atoms with Gasteiger partial charge >= 0.3 is 0 Å². The standard InChI is InChI=1S/C10H12O.C3H3NO2S/c1-7-2-3-8-6-9(11)4-5-10(7)8;5-2-1-7-3(6)4-2/h4-7,11H,2-3H2,1H3;1H2,(H,4,5,6). The van der Waals surface area contributed by atoms with Crippen LogP contribution in [0.4, 0.5) is 4.79 Å². The fourth-order valence-electron chi connectivity index (χ4n) is 2.13. The number of aromatic hydroxyl groups is 1. The van der Waals surface area contributed by atoms with E-state index in [1.54, 1.807) is 6.07 Å². The van der Waals surface area contributed by atoms with E-state index in [0.29, 0.717) is 17.4 Å². The molecule has 1 unspecified atom stereocenters. The second kappa shape index (κ2) is 5.44. The minimum atomic E-state index is -0.231. The molecule has 96 valence electrons. The minimum absolute atomic E-state index is 0.185. The molecule has 2 amide bonds. The molecule has 1 fully saturated rings. The number of fused-ring (bicyclic) bond motifs is 1. The number of imide groups is 1. The number of hydrogen-bond donors (Lipinski definition) is 2. The van der Waals surface area contributed by atoms with Crippen LogP contribution in [0.3, 0.4) is 0 Å². The lowest BCUT2D eigenvalue weighted by Crippen LogP contribution is -2.18. The van der Waals surface area contributed by atoms with Gasteiger partial charge in [-0.3, -0.25) is 14.9 Å². The average molecular weight is 265 g/mol. The normalized spacial score (nSPS) is 21.1. The highest BCUT2D eigenvalue weighted by Gasteiger charge is 2.18. The molecule has 0 aromatic heterocycles. The summed E-state index contributed by atoms with van der Waals surface area (Å²) in [7, 11) is 0. The van der Waals surface area contributed by atoms with E-state index >= 15 is 0 Å². The van der Waals surface area contributed by atoms with Crippen molar-refractivity contribution >= 4 is 22.9 Å². The van der Waals surface area contributed by atoms with Gasteiger partial charge in [-0.25, -0.2) is 0 Å². The summed E-state index contributed by atoms with van der Waals surface area (Å²) in [6, 6.07) is 5.71. The second-order valence-electron chi connectivity index (χ2n) is 4.45. The number of amides is 2. The summed E-state index contributed by atoms with van der Waals surface area (Å²) < 4.78 is 0. The third-order valence-corrected chi connectivity index (χ3v) is 3.85. The van der Waals surface area contributed by atoms with Crippen LogP contribution in [0.25, 0.3) is 0 Å². The lowest BCUT2D eigenvalue weighted by atomic mass is 10.0. The highest BCUT2D eigenvalue weighted by Crippen LogP contribution is 2.34. The number of hydrogen-bond acceptors (Lipinski definition) is 4. The highest BCUT2D eigenvalue weighted by atomic mass is 32.2. The van der Waals surface area contributed by atoms with Gasteiger partial charge in [0.2, 0.25) is 5.91 Å². The molecule has 0 bridgehead atoms. The molecule has 1 aliphatic carbocycles. The van der Waals surface area contributed by atoms with Crippen LogP contribution in [0.5, 0.6) is 5.75 Å². The Kier molecular flexibility index (Phi) is 3.91. The number of phenolic OH excluding ortho intramolecular Hbond substituents is 1. The lowest BCUT2D eigenvalue weighted by Gasteiger charge is -2.03. The van der Waals surface area contributed by atoms with Crippen molar-refractivity contribution in [2.45, 2.75) is 25.7 Å². The first-order valence-corrected chi connectivity index (χ1v) is 6.83. The molecular formula is C13H15NO3S. The van der Waals surface area contributed by atoms with Crippen molar-refractivity contribution < 1.29 is 14.7 Å². The number of nitrogens with one attached hydrogen (secondary N) is 1. The van der Waals surface area contributed by atoms with Crippen molar-refractivity contribution in [3.63, 3.8) is 0 Å². The van der Waals surface area contributed by atoms with Crippen molar-refractivity contribution in [1.82, 2.24) is 5.32 Å². The predicted octanol–water partition coefficient (Wildman–Crippen LogP) is 2.41. The topological polar surface area (TPSA) is 66.4 Å². The molecule has 1 aromatic rings. The zero-order chi connectivity index (χ0) is 13.1. The average Bonchev–Trinajstić information content (AvgIpc) is 2.86. The molecule has 18 heavy (non-hydrogen) atoms. The van der Waals surface area contributed by atoms with E-state index in [-0.39, 0.29) is 11.1 Å². The van der Waals surface area contributed by atoms with E-state index < -0.39 is 0 Å². The van der Waals surface area contributed by atoms with Crippen LogP contribution in [0, 0.1) is 0 Å². The number of rotatable bonds is 0. The molecule has 1 heterocycles. The Bertz CT molecular complexity index is 473. The quantitative estimate of drug-likeness (QED) is 0.756. The van der Waals surface area contributed by atoms with Crippen molar-refractivity contribution in [3.8, 4) is 5.75 Å². The fraction of sp³-hybridized carbons (Fsp3) is 0.385. The van der Waals surface area contributed by atoms with Crippen LogP contribution < -0.4 is 5.32 Å². The van der Waals surface area contributed by atoms with Gasteiger partial charge in [-0.05, 0) is 42.0 Å². The summed E-state index contributed by atoms with van der Waals surface area (Å²) in [6.07, 6.45) is 2.36. The Labute approximate surface area is 110 Å². The van der Waals surface area contributed by atoms with E-state index in [1.165, 1.54) is 17.5 Å². The number of carbonyl (C=O) groups excluding carboxylic acids is 2. The lowest BCUT2D eigenvalue weighted by molar-refractivity contribution is -0.117. The summed E-state index contributed by atoms with van der Waals surface area (Å²) in [5.41, 5.74) is 2.75. The number of carbonyl (C=O) groups is 2. The van der Waals surface area contributed by atoms with Gasteiger partial charge in [-0.1, -0.05) is 24.8 Å². The largest absolute Gasteiger partial charge is 0.508 e. The Morgan fingerprint density at radius 3 is 2.72 bits per heavy atom. The monoisotopic (exact) mass is 265 g/mol. The zero-order valence-electron chi connectivity index (χ0n) is 10.1. The summed E-state index contributed by atoms with van der Waals surface area (Å²) >= 11 is 1.01. The maximum absolute atomic E-state index is 10.1. The summed E-state index contributed by atoms with van der Waals surface area (Å²) in [5.74, 6) is 1.19. The van der Waals surface area contributed by atoms with Gasteiger partial charge in [0.25, 0.3) is 5.24 Å². The molecular weight excluding hydrogens is 250 g/mol. The van der Waals surface area contributed by atoms with Gasteiger partial charge in [-0.2, -0.15) is 0 Å². The molecule has 3 rings (SSSR count). The summed E-state index contributed by atoms with van der Waals surface area (Å²) in [4.78, 5) is 20.2. The molecule has 5 heteroatoms. The SMILES string of the molecule is CC1CCc2cc(O)ccc21.O=C1CSC(=O)N1. The van der Waals surface area contributed by atoms with Crippen LogP contribution in [-0.2, 0) is 11.2 Å². The molecule has 0 radical (unpaired) electrons. The first-order valence-electron chi connectivity index (χ1n) is 5.84. The van der Waals surface area contributed by atoms with Crippen LogP contribution in [0.15, 0.2) is 18.2 Å². The third-order valence-electron chi connectivity index (χ3n) is 3.08. The fourth-order valence-corrected chi connectivity index (χ4v) is 2.65. The molecule has 1 saturated heterocycles. The second-order valence-corrected chi connectivity index (χ2v) is 5.40. The van der Waals surface area contributed by atoms with Crippen molar-refractivity contribution in [2.75, 3.05) is 5.75 Å². The first kappa shape index (κ1) is 13.0. The molecule has 1 atom stereocenters. The molecule has 2 aliphatic rings. The van der Waals surface area contributed by atoms with Crippen LogP contribution in [0.2, 0.25) is 0 Å². The minimum Gasteiger partial charge on any atom is -0.508 e. The van der Waals surface area contributed by atoms with Gasteiger partial charge in [0, 0.05) is 0 Å². The van der Waals surface area contributed by atoms with Gasteiger partial charge in [0.1, 0.15) is 5.75 Å². The number of thioether (sulfide) groups is 1. The Balaban J connectivity index is 0.000000149. The molecule has 4 nitrogen and oxygen atoms in total. The van der Waals surface area contributed by atoms with Crippen LogP contribution >= 0.6 is 11.8 Å². The zero-order valence-corrected chi connectivity index (χ0v) is 10.9. The first-order chi connectivity index (χ1) is 8.56. The van der Waals surface area contributed by atoms with E-state index in [9.17, 15) is 14.7 Å². The van der Waals surface area contributed by atoms with Crippen molar-refractivity contribution in [1.29, 1.82) is 0 Å². The molecule has 1 aliphatic heterocycles. The van der Waals surface area contributed by atoms with E-state index in [2.05, 4.69) is 12.2 Å². The molecule has 2 N–H and O–H groups in total. The summed E-state index contributed by atoms with van der Waals surface area (Å²) in [5, 5.41) is 11.1. The van der Waals surface area contributed by atoms with Crippen molar-refractivity contribution in [2.24, 2.45) is 0 Å². The van der Waals surface area contributed by atoms with Gasteiger partial charge in [0.05, 0.1) is 5.75 Å². The maximum atomic E-state index is 10.1. The van der Waals surface area contributed by atoms with Gasteiger partial charge < -0.3 is 5.11 Å². The molecule has 0 saturated carbocycles. The van der Waals surface area contributed by atoms with Gasteiger partial charge in [-0.15, -0.1) is 0 Å². The number of aryl methyl sites for hydroxylation is 1. The highest BCUT2D eigenvalue weighted by molar-refractivity contribution is 8.14. The Morgan fingerprint density at radius 2 is 2.17 bits per heavy atom.